The minimum absolute atomic E-state index is 0.169. The van der Waals surface area contributed by atoms with Crippen molar-refractivity contribution in [2.24, 2.45) is 0 Å². The minimum Gasteiger partial charge on any atom is -0.302 e. The fourth-order valence-electron chi connectivity index (χ4n) is 1.89. The second-order valence-corrected chi connectivity index (χ2v) is 5.52. The Morgan fingerprint density at radius 2 is 1.83 bits per heavy atom. The summed E-state index contributed by atoms with van der Waals surface area (Å²) in [6.07, 6.45) is 0. The highest BCUT2D eigenvalue weighted by Gasteiger charge is 2.13. The van der Waals surface area contributed by atoms with Crippen LogP contribution in [0.1, 0.15) is 42.2 Å². The van der Waals surface area contributed by atoms with Crippen LogP contribution in [0.25, 0.3) is 0 Å². The molecule has 0 aliphatic carbocycles. The molecule has 18 heavy (non-hydrogen) atoms. The molecule has 4 heteroatoms. The van der Waals surface area contributed by atoms with Crippen LogP contribution in [-0.2, 0) is 0 Å². The fourth-order valence-corrected chi connectivity index (χ4v) is 2.59. The van der Waals surface area contributed by atoms with Gasteiger partial charge >= 0.3 is 0 Å². The van der Waals surface area contributed by atoms with Crippen molar-refractivity contribution in [2.75, 3.05) is 0 Å². The van der Waals surface area contributed by atoms with Gasteiger partial charge in [-0.3, -0.25) is 0 Å². The van der Waals surface area contributed by atoms with E-state index in [-0.39, 0.29) is 17.9 Å². The summed E-state index contributed by atoms with van der Waals surface area (Å²) in [7, 11) is 0. The predicted molar refractivity (Wildman–Crippen MR) is 73.2 cm³/mol. The first-order valence-electron chi connectivity index (χ1n) is 6.00. The van der Waals surface area contributed by atoms with Crippen molar-refractivity contribution >= 4 is 11.3 Å². The second-order valence-electron chi connectivity index (χ2n) is 4.45. The van der Waals surface area contributed by atoms with E-state index in [1.807, 2.05) is 19.1 Å². The van der Waals surface area contributed by atoms with Gasteiger partial charge in [-0.15, -0.1) is 11.3 Å². The summed E-state index contributed by atoms with van der Waals surface area (Å²) in [4.78, 5) is 4.47. The Labute approximate surface area is 111 Å². The fraction of sp³-hybridized carbons (Fsp3) is 0.357. The van der Waals surface area contributed by atoms with Gasteiger partial charge < -0.3 is 5.32 Å². The number of hydrogen-bond acceptors (Lipinski definition) is 3. The van der Waals surface area contributed by atoms with Gasteiger partial charge in [0.1, 0.15) is 5.82 Å². The van der Waals surface area contributed by atoms with E-state index in [0.29, 0.717) is 0 Å². The molecule has 2 nitrogen and oxygen atoms in total. The monoisotopic (exact) mass is 264 g/mol. The molecule has 0 saturated heterocycles. The zero-order valence-electron chi connectivity index (χ0n) is 10.8. The molecule has 0 aliphatic rings. The van der Waals surface area contributed by atoms with Crippen LogP contribution in [0.15, 0.2) is 29.6 Å². The molecular formula is C14H17FN2S. The third-order valence-corrected chi connectivity index (χ3v) is 3.74. The van der Waals surface area contributed by atoms with Gasteiger partial charge in [0.25, 0.3) is 0 Å². The van der Waals surface area contributed by atoms with Crippen LogP contribution in [-0.4, -0.2) is 4.98 Å². The summed E-state index contributed by atoms with van der Waals surface area (Å²) in [6.45, 7) is 6.17. The Morgan fingerprint density at radius 1 is 1.17 bits per heavy atom. The standard InChI is InChI=1S/C14H17FN2S/c1-9(12-4-6-13(15)7-5-12)16-10(2)14-8-18-11(3)17-14/h4-10,16H,1-3H3/t9-,10?/m1/s1. The van der Waals surface area contributed by atoms with Crippen LogP contribution >= 0.6 is 11.3 Å². The number of nitrogens with one attached hydrogen (secondary N) is 1. The summed E-state index contributed by atoms with van der Waals surface area (Å²) in [5.74, 6) is -0.200. The van der Waals surface area contributed by atoms with Crippen molar-refractivity contribution in [1.29, 1.82) is 0 Å². The maximum absolute atomic E-state index is 12.9. The number of benzene rings is 1. The van der Waals surface area contributed by atoms with E-state index in [1.54, 1.807) is 11.3 Å². The molecule has 1 N–H and O–H groups in total. The summed E-state index contributed by atoms with van der Waals surface area (Å²) in [5.41, 5.74) is 2.14. The second kappa shape index (κ2) is 5.59. The van der Waals surface area contributed by atoms with Gasteiger partial charge in [0, 0.05) is 17.5 Å². The van der Waals surface area contributed by atoms with Gasteiger partial charge in [0.2, 0.25) is 0 Å². The first-order valence-corrected chi connectivity index (χ1v) is 6.88. The van der Waals surface area contributed by atoms with Crippen molar-refractivity contribution in [3.8, 4) is 0 Å². The van der Waals surface area contributed by atoms with E-state index in [4.69, 9.17) is 0 Å². The van der Waals surface area contributed by atoms with Crippen LogP contribution in [0.4, 0.5) is 4.39 Å². The Kier molecular flexibility index (Phi) is 4.09. The Balaban J connectivity index is 2.02. The van der Waals surface area contributed by atoms with Crippen molar-refractivity contribution in [2.45, 2.75) is 32.9 Å². The molecule has 0 bridgehead atoms. The minimum atomic E-state index is -0.200. The van der Waals surface area contributed by atoms with Gasteiger partial charge in [0.05, 0.1) is 10.7 Å². The van der Waals surface area contributed by atoms with Crippen LogP contribution in [0.2, 0.25) is 0 Å². The highest BCUT2D eigenvalue weighted by Crippen LogP contribution is 2.20. The average molecular weight is 264 g/mol. The lowest BCUT2D eigenvalue weighted by Gasteiger charge is -2.19. The van der Waals surface area contributed by atoms with Gasteiger partial charge in [-0.05, 0) is 38.5 Å². The van der Waals surface area contributed by atoms with Crippen LogP contribution in [0.5, 0.6) is 0 Å². The van der Waals surface area contributed by atoms with E-state index in [1.165, 1.54) is 12.1 Å². The summed E-state index contributed by atoms with van der Waals surface area (Å²) in [6, 6.07) is 6.96. The first-order chi connectivity index (χ1) is 8.56. The Morgan fingerprint density at radius 3 is 2.39 bits per heavy atom. The number of halogens is 1. The van der Waals surface area contributed by atoms with Crippen LogP contribution in [0, 0.1) is 12.7 Å². The molecule has 1 aromatic carbocycles. The largest absolute Gasteiger partial charge is 0.302 e. The molecule has 2 rings (SSSR count). The highest BCUT2D eigenvalue weighted by atomic mass is 32.1. The molecular weight excluding hydrogens is 247 g/mol. The summed E-state index contributed by atoms with van der Waals surface area (Å²) in [5, 5.41) is 6.62. The van der Waals surface area contributed by atoms with Gasteiger partial charge in [-0.25, -0.2) is 9.37 Å². The van der Waals surface area contributed by atoms with E-state index in [2.05, 4.69) is 29.5 Å². The zero-order valence-corrected chi connectivity index (χ0v) is 11.6. The maximum atomic E-state index is 12.9. The number of aryl methyl sites for hydroxylation is 1. The zero-order chi connectivity index (χ0) is 13.1. The van der Waals surface area contributed by atoms with E-state index in [9.17, 15) is 4.39 Å². The topological polar surface area (TPSA) is 24.9 Å². The van der Waals surface area contributed by atoms with Crippen molar-refractivity contribution in [1.82, 2.24) is 10.3 Å². The van der Waals surface area contributed by atoms with E-state index >= 15 is 0 Å². The lowest BCUT2D eigenvalue weighted by molar-refractivity contribution is 0.487. The highest BCUT2D eigenvalue weighted by molar-refractivity contribution is 7.09. The SMILES string of the molecule is Cc1nc(C(C)N[C@H](C)c2ccc(F)cc2)cs1. The quantitative estimate of drug-likeness (QED) is 0.902. The molecule has 2 aromatic rings. The predicted octanol–water partition coefficient (Wildman–Crippen LogP) is 4.00. The molecule has 2 atom stereocenters. The number of hydrogen-bond donors (Lipinski definition) is 1. The molecule has 1 heterocycles. The molecule has 0 spiro atoms. The average Bonchev–Trinajstić information content (AvgIpc) is 2.76. The van der Waals surface area contributed by atoms with Crippen molar-refractivity contribution < 1.29 is 4.39 Å². The summed E-state index contributed by atoms with van der Waals surface area (Å²) >= 11 is 1.66. The maximum Gasteiger partial charge on any atom is 0.123 e. The third kappa shape index (κ3) is 3.15. The van der Waals surface area contributed by atoms with Gasteiger partial charge in [-0.1, -0.05) is 12.1 Å². The smallest absolute Gasteiger partial charge is 0.123 e. The van der Waals surface area contributed by atoms with Gasteiger partial charge in [0.15, 0.2) is 0 Å². The van der Waals surface area contributed by atoms with Crippen molar-refractivity contribution in [3.05, 3.63) is 51.7 Å². The molecule has 0 radical (unpaired) electrons. The lowest BCUT2D eigenvalue weighted by Crippen LogP contribution is -2.22. The molecule has 0 amide bonds. The Hall–Kier alpha value is -1.26. The summed E-state index contributed by atoms with van der Waals surface area (Å²) < 4.78 is 12.9. The van der Waals surface area contributed by atoms with Crippen molar-refractivity contribution in [3.63, 3.8) is 0 Å². The molecule has 0 saturated carbocycles. The molecule has 0 aliphatic heterocycles. The lowest BCUT2D eigenvalue weighted by atomic mass is 10.1. The Bertz CT molecular complexity index is 507. The number of aromatic nitrogens is 1. The number of thiazole rings is 1. The molecule has 1 unspecified atom stereocenters. The number of nitrogens with zero attached hydrogens (tertiary/aromatic N) is 1. The van der Waals surface area contributed by atoms with Gasteiger partial charge in [-0.2, -0.15) is 0 Å². The number of rotatable bonds is 4. The van der Waals surface area contributed by atoms with E-state index in [0.717, 1.165) is 16.3 Å². The molecule has 1 aromatic heterocycles. The molecule has 96 valence electrons. The third-order valence-electron chi connectivity index (χ3n) is 2.95. The first kappa shape index (κ1) is 13.2. The van der Waals surface area contributed by atoms with E-state index < -0.39 is 0 Å². The molecule has 0 fully saturated rings. The van der Waals surface area contributed by atoms with Crippen LogP contribution < -0.4 is 5.32 Å². The normalized spacial score (nSPS) is 14.4. The van der Waals surface area contributed by atoms with Crippen LogP contribution in [0.3, 0.4) is 0 Å².